The van der Waals surface area contributed by atoms with Crippen LogP contribution in [-0.4, -0.2) is 58.0 Å². The first-order chi connectivity index (χ1) is 23.0. The molecule has 2 aliphatic rings. The Balaban J connectivity index is 1.53. The van der Waals surface area contributed by atoms with Crippen LogP contribution >= 0.6 is 46.4 Å². The van der Waals surface area contributed by atoms with Crippen LogP contribution in [0.2, 0.25) is 20.1 Å². The lowest BCUT2D eigenvalue weighted by Crippen LogP contribution is -2.50. The van der Waals surface area contributed by atoms with E-state index in [0.29, 0.717) is 49.8 Å². The highest BCUT2D eigenvalue weighted by Gasteiger charge is 2.42. The number of carbonyl (C=O) groups is 4. The quantitative estimate of drug-likeness (QED) is 0.106. The number of amides is 4. The minimum Gasteiger partial charge on any atom is -0.394 e. The van der Waals surface area contributed by atoms with Gasteiger partial charge < -0.3 is 10.2 Å². The van der Waals surface area contributed by atoms with Gasteiger partial charge in [0.15, 0.2) is 0 Å². The molecule has 0 aromatic heterocycles. The number of rotatable bonds is 5. The Labute approximate surface area is 292 Å². The van der Waals surface area contributed by atoms with Crippen molar-refractivity contribution in [3.05, 3.63) is 95.9 Å². The van der Waals surface area contributed by atoms with E-state index in [2.05, 4.69) is 0 Å². The molecule has 0 saturated heterocycles. The predicted molar refractivity (Wildman–Crippen MR) is 188 cm³/mol. The molecule has 0 spiro atoms. The molecule has 0 fully saturated rings. The van der Waals surface area contributed by atoms with E-state index >= 15 is 0 Å². The molecule has 4 amide bonds. The van der Waals surface area contributed by atoms with E-state index in [4.69, 9.17) is 46.4 Å². The number of para-hydroxylation sites is 1. The zero-order valence-corrected chi connectivity index (χ0v) is 28.2. The first-order valence-corrected chi connectivity index (χ1v) is 16.5. The Kier molecular flexibility index (Phi) is 6.99. The molecule has 2 heterocycles. The lowest BCUT2D eigenvalue weighted by molar-refractivity contribution is 0.0375. The first kappa shape index (κ1) is 31.3. The fraction of sp³-hybridized carbons (Fsp3) is 0.167. The van der Waals surface area contributed by atoms with E-state index in [1.807, 2.05) is 32.0 Å². The van der Waals surface area contributed by atoms with Gasteiger partial charge in [-0.3, -0.25) is 24.1 Å². The summed E-state index contributed by atoms with van der Waals surface area (Å²) in [6.07, 6.45) is 0.584. The molecule has 6 aromatic carbocycles. The summed E-state index contributed by atoms with van der Waals surface area (Å²) in [6.45, 7) is 2.47. The van der Waals surface area contributed by atoms with Crippen molar-refractivity contribution in [2.24, 2.45) is 0 Å². The number of aliphatic hydroxyl groups excluding tert-OH is 2. The minimum atomic E-state index is -1.19. The lowest BCUT2D eigenvalue weighted by Gasteiger charge is -2.34. The van der Waals surface area contributed by atoms with E-state index in [-0.39, 0.29) is 47.7 Å². The lowest BCUT2D eigenvalue weighted by atomic mass is 9.81. The number of fused-ring (bicyclic) bond motifs is 2. The fourth-order valence-electron chi connectivity index (χ4n) is 7.56. The van der Waals surface area contributed by atoms with Crippen molar-refractivity contribution >= 4 is 119 Å². The molecule has 8 rings (SSSR count). The van der Waals surface area contributed by atoms with Gasteiger partial charge in [-0.05, 0) is 48.7 Å². The van der Waals surface area contributed by atoms with Crippen molar-refractivity contribution < 1.29 is 29.4 Å². The summed E-state index contributed by atoms with van der Waals surface area (Å²) in [5.41, 5.74) is 2.58. The first-order valence-electron chi connectivity index (χ1n) is 15.0. The average Bonchev–Trinajstić information content (AvgIpc) is 3.06. The van der Waals surface area contributed by atoms with E-state index < -0.39 is 42.9 Å². The Morgan fingerprint density at radius 3 is 1.38 bits per heavy atom. The molecule has 48 heavy (non-hydrogen) atoms. The third kappa shape index (κ3) is 3.81. The van der Waals surface area contributed by atoms with Gasteiger partial charge in [-0.15, -0.1) is 0 Å². The third-order valence-corrected chi connectivity index (χ3v) is 10.8. The maximum Gasteiger partial charge on any atom is 0.266 e. The second kappa shape index (κ2) is 10.7. The van der Waals surface area contributed by atoms with E-state index in [0.717, 1.165) is 16.0 Å². The van der Waals surface area contributed by atoms with Gasteiger partial charge in [-0.2, -0.15) is 0 Å². The molecule has 0 aliphatic carbocycles. The molecular formula is C36H22Cl4N2O6. The van der Waals surface area contributed by atoms with Crippen molar-refractivity contribution in [1.82, 2.24) is 4.90 Å². The number of anilines is 1. The number of imide groups is 2. The van der Waals surface area contributed by atoms with Gasteiger partial charge in [-0.1, -0.05) is 71.5 Å². The molecule has 2 N–H and O–H groups in total. The third-order valence-electron chi connectivity index (χ3n) is 9.59. The summed E-state index contributed by atoms with van der Waals surface area (Å²) in [5.74, 6) is -2.61. The van der Waals surface area contributed by atoms with Crippen molar-refractivity contribution in [3.63, 3.8) is 0 Å². The summed E-state index contributed by atoms with van der Waals surface area (Å²) in [7, 11) is 0. The Morgan fingerprint density at radius 1 is 0.604 bits per heavy atom. The van der Waals surface area contributed by atoms with E-state index in [1.165, 1.54) is 29.2 Å². The van der Waals surface area contributed by atoms with E-state index in [9.17, 15) is 29.4 Å². The number of carbonyl (C=O) groups excluding carboxylic acids is 4. The normalized spacial score (nSPS) is 14.8. The SMILES string of the molecule is CCc1cccc(C)c1N1C(=O)c2cc(Cl)c3c4c(Cl)cc5c6c(cc(Cl)c(c7c(Cl)cc(c2c37)C1=O)c64)C(=O)N(C(CO)CO)C5=O. The number of benzene rings is 6. The van der Waals surface area contributed by atoms with Gasteiger partial charge in [0.1, 0.15) is 0 Å². The molecule has 0 bridgehead atoms. The molecule has 12 heteroatoms. The van der Waals surface area contributed by atoms with Crippen LogP contribution < -0.4 is 4.90 Å². The molecule has 6 aromatic rings. The zero-order valence-electron chi connectivity index (χ0n) is 25.2. The molecule has 0 radical (unpaired) electrons. The summed E-state index contributed by atoms with van der Waals surface area (Å²) in [5, 5.41) is 22.9. The van der Waals surface area contributed by atoms with Crippen LogP contribution in [0.5, 0.6) is 0 Å². The maximum absolute atomic E-state index is 14.4. The Hall–Kier alpha value is -4.02. The average molecular weight is 720 g/mol. The highest BCUT2D eigenvalue weighted by Crippen LogP contribution is 2.54. The van der Waals surface area contributed by atoms with Gasteiger partial charge in [0.2, 0.25) is 0 Å². The molecule has 2 aliphatic heterocycles. The standard InChI is InChI=1S/C36H22Cl4N2O6/c1-3-14-6-4-5-13(2)32(14)42-35(47)18-9-22(39)28-26-20(37)7-16-24-17(34(46)41(33(16)45)15(11-43)12-44)8-21(38)27(30(24)26)29-23(40)10-19(36(42)48)25(18)31(28)29/h4-10,15,43-44H,3,11-12H2,1-2H3. The molecule has 8 nitrogen and oxygen atoms in total. The summed E-state index contributed by atoms with van der Waals surface area (Å²) in [6, 6.07) is 10.2. The van der Waals surface area contributed by atoms with Crippen LogP contribution in [0.4, 0.5) is 5.69 Å². The van der Waals surface area contributed by atoms with Gasteiger partial charge in [0, 0.05) is 63.2 Å². The van der Waals surface area contributed by atoms with Crippen LogP contribution in [-0.2, 0) is 6.42 Å². The molecule has 0 unspecified atom stereocenters. The smallest absolute Gasteiger partial charge is 0.266 e. The van der Waals surface area contributed by atoms with Crippen LogP contribution in [0.25, 0.3) is 43.1 Å². The second-order valence-corrected chi connectivity index (χ2v) is 13.6. The Morgan fingerprint density at radius 2 is 1.00 bits per heavy atom. The second-order valence-electron chi connectivity index (χ2n) is 12.0. The maximum atomic E-state index is 14.4. The largest absolute Gasteiger partial charge is 0.394 e. The highest BCUT2D eigenvalue weighted by molar-refractivity contribution is 6.56. The van der Waals surface area contributed by atoms with Crippen molar-refractivity contribution in [2.45, 2.75) is 26.3 Å². The van der Waals surface area contributed by atoms with Crippen LogP contribution in [0.3, 0.4) is 0 Å². The van der Waals surface area contributed by atoms with E-state index in [1.54, 1.807) is 0 Å². The van der Waals surface area contributed by atoms with Crippen molar-refractivity contribution in [2.75, 3.05) is 18.1 Å². The summed E-state index contributed by atoms with van der Waals surface area (Å²) in [4.78, 5) is 58.3. The number of hydrogen-bond donors (Lipinski definition) is 2. The van der Waals surface area contributed by atoms with Gasteiger partial charge >= 0.3 is 0 Å². The monoisotopic (exact) mass is 718 g/mol. The fourth-order valence-corrected chi connectivity index (χ4v) is 8.75. The van der Waals surface area contributed by atoms with Gasteiger partial charge in [0.05, 0.1) is 47.2 Å². The minimum absolute atomic E-state index is 0.0606. The zero-order chi connectivity index (χ0) is 34.1. The molecule has 240 valence electrons. The predicted octanol–water partition coefficient (Wildman–Crippen LogP) is 7.97. The van der Waals surface area contributed by atoms with Crippen molar-refractivity contribution in [1.29, 1.82) is 0 Å². The van der Waals surface area contributed by atoms with Crippen LogP contribution in [0.15, 0.2) is 42.5 Å². The van der Waals surface area contributed by atoms with Crippen LogP contribution in [0, 0.1) is 6.92 Å². The number of aryl methyl sites for hydroxylation is 2. The number of halogens is 4. The Bertz CT molecular complexity index is 2390. The topological polar surface area (TPSA) is 115 Å². The van der Waals surface area contributed by atoms with Crippen LogP contribution in [0.1, 0.15) is 59.5 Å². The number of aliphatic hydroxyl groups is 2. The highest BCUT2D eigenvalue weighted by atomic mass is 35.5. The molecule has 0 saturated carbocycles. The summed E-state index contributed by atoms with van der Waals surface area (Å²) >= 11 is 28.1. The molecular weight excluding hydrogens is 698 g/mol. The number of nitrogens with zero attached hydrogens (tertiary/aromatic N) is 2. The van der Waals surface area contributed by atoms with Gasteiger partial charge in [0.25, 0.3) is 23.6 Å². The summed E-state index contributed by atoms with van der Waals surface area (Å²) < 4.78 is 0. The molecule has 0 atom stereocenters. The number of hydrogen-bond acceptors (Lipinski definition) is 6. The van der Waals surface area contributed by atoms with Crippen molar-refractivity contribution in [3.8, 4) is 0 Å². The van der Waals surface area contributed by atoms with Gasteiger partial charge in [-0.25, -0.2) is 4.90 Å².